The topological polar surface area (TPSA) is 83.7 Å². The summed E-state index contributed by atoms with van der Waals surface area (Å²) in [6, 6.07) is 4.18. The van der Waals surface area contributed by atoms with E-state index in [1.807, 2.05) is 13.8 Å². The van der Waals surface area contributed by atoms with E-state index >= 15 is 0 Å². The van der Waals surface area contributed by atoms with Gasteiger partial charge in [-0.15, -0.1) is 0 Å². The highest BCUT2D eigenvalue weighted by Gasteiger charge is 2.27. The molecule has 0 aliphatic carbocycles. The van der Waals surface area contributed by atoms with Gasteiger partial charge in [-0.2, -0.15) is 0 Å². The third-order valence-electron chi connectivity index (χ3n) is 5.41. The van der Waals surface area contributed by atoms with Gasteiger partial charge in [0.15, 0.2) is 0 Å². The van der Waals surface area contributed by atoms with Gasteiger partial charge in [0, 0.05) is 35.7 Å². The van der Waals surface area contributed by atoms with E-state index in [-0.39, 0.29) is 11.8 Å². The van der Waals surface area contributed by atoms with Crippen LogP contribution >= 0.6 is 0 Å². The second-order valence-electron chi connectivity index (χ2n) is 7.38. The summed E-state index contributed by atoms with van der Waals surface area (Å²) in [7, 11) is 0. The molecule has 1 aromatic carbocycles. The first-order chi connectivity index (χ1) is 14.5. The first-order valence-corrected chi connectivity index (χ1v) is 9.92. The van der Waals surface area contributed by atoms with Gasteiger partial charge in [-0.05, 0) is 43.7 Å². The van der Waals surface area contributed by atoms with E-state index < -0.39 is 5.82 Å². The number of hydrogen-bond acceptors (Lipinski definition) is 4. The van der Waals surface area contributed by atoms with Crippen molar-refractivity contribution >= 4 is 29.2 Å². The standard InChI is InChI=1S/C22H24FN3O4/c1-13-19(12-17-16-11-15(23)3-4-18(16)25-21(17)27)24-14(2)20(13)22(28)26-5-7-29-9-10-30-8-6-26/h3-4,11-12,24H,5-10H2,1-2H3,(H,25,27). The summed E-state index contributed by atoms with van der Waals surface area (Å²) < 4.78 is 24.6. The number of halogens is 1. The Balaban J connectivity index is 1.66. The van der Waals surface area contributed by atoms with Crippen LogP contribution in [0.1, 0.15) is 32.9 Å². The minimum absolute atomic E-state index is 0.109. The fourth-order valence-electron chi connectivity index (χ4n) is 3.83. The van der Waals surface area contributed by atoms with Crippen molar-refractivity contribution in [3.63, 3.8) is 0 Å². The molecule has 1 saturated heterocycles. The molecule has 3 heterocycles. The van der Waals surface area contributed by atoms with Crippen LogP contribution in [0, 0.1) is 19.7 Å². The first kappa shape index (κ1) is 20.3. The van der Waals surface area contributed by atoms with Gasteiger partial charge in [-0.25, -0.2) is 4.39 Å². The number of carbonyl (C=O) groups is 2. The number of carbonyl (C=O) groups excluding carboxylic acids is 2. The van der Waals surface area contributed by atoms with Gasteiger partial charge < -0.3 is 24.7 Å². The molecule has 0 unspecified atom stereocenters. The van der Waals surface area contributed by atoms with Gasteiger partial charge in [-0.3, -0.25) is 9.59 Å². The van der Waals surface area contributed by atoms with Gasteiger partial charge in [0.2, 0.25) is 0 Å². The summed E-state index contributed by atoms with van der Waals surface area (Å²) in [5.41, 5.74) is 4.11. The van der Waals surface area contributed by atoms with Crippen LogP contribution in [0.2, 0.25) is 0 Å². The number of aromatic amines is 1. The van der Waals surface area contributed by atoms with Crippen LogP contribution in [0.5, 0.6) is 0 Å². The van der Waals surface area contributed by atoms with Gasteiger partial charge in [-0.1, -0.05) is 0 Å². The number of benzene rings is 1. The number of H-pyrrole nitrogens is 1. The van der Waals surface area contributed by atoms with E-state index in [4.69, 9.17) is 9.47 Å². The number of amides is 2. The number of rotatable bonds is 2. The maximum atomic E-state index is 13.7. The molecule has 2 amide bonds. The van der Waals surface area contributed by atoms with E-state index in [0.717, 1.165) is 5.56 Å². The molecule has 158 valence electrons. The number of nitrogens with one attached hydrogen (secondary N) is 2. The Labute approximate surface area is 173 Å². The first-order valence-electron chi connectivity index (χ1n) is 9.92. The lowest BCUT2D eigenvalue weighted by molar-refractivity contribution is -0.110. The van der Waals surface area contributed by atoms with Crippen LogP contribution in [-0.2, 0) is 14.3 Å². The Kier molecular flexibility index (Phi) is 5.69. The van der Waals surface area contributed by atoms with Gasteiger partial charge in [0.05, 0.1) is 37.6 Å². The maximum Gasteiger partial charge on any atom is 0.256 e. The summed E-state index contributed by atoms with van der Waals surface area (Å²) >= 11 is 0. The average Bonchev–Trinajstić information content (AvgIpc) is 3.22. The van der Waals surface area contributed by atoms with Crippen molar-refractivity contribution in [2.24, 2.45) is 0 Å². The minimum Gasteiger partial charge on any atom is -0.377 e. The number of nitrogens with zero attached hydrogens (tertiary/aromatic N) is 1. The molecule has 1 fully saturated rings. The zero-order valence-electron chi connectivity index (χ0n) is 17.0. The Morgan fingerprint density at radius 2 is 1.83 bits per heavy atom. The molecule has 2 aliphatic rings. The summed E-state index contributed by atoms with van der Waals surface area (Å²) in [6.07, 6.45) is 1.67. The monoisotopic (exact) mass is 413 g/mol. The fraction of sp³-hybridized carbons (Fsp3) is 0.364. The Bertz CT molecular complexity index is 1020. The van der Waals surface area contributed by atoms with Crippen molar-refractivity contribution in [3.8, 4) is 0 Å². The molecule has 0 atom stereocenters. The van der Waals surface area contributed by atoms with Crippen LogP contribution < -0.4 is 5.32 Å². The molecule has 30 heavy (non-hydrogen) atoms. The lowest BCUT2D eigenvalue weighted by Crippen LogP contribution is -2.36. The predicted molar refractivity (Wildman–Crippen MR) is 111 cm³/mol. The van der Waals surface area contributed by atoms with Gasteiger partial charge in [0.1, 0.15) is 5.82 Å². The summed E-state index contributed by atoms with van der Waals surface area (Å²) in [5.74, 6) is -0.824. The molecule has 2 aliphatic heterocycles. The van der Waals surface area contributed by atoms with Crippen LogP contribution in [0.25, 0.3) is 11.6 Å². The molecule has 4 rings (SSSR count). The van der Waals surface area contributed by atoms with Crippen LogP contribution in [-0.4, -0.2) is 61.2 Å². The SMILES string of the molecule is Cc1[nH]c(C=C2C(=O)Nc3ccc(F)cc32)c(C)c1C(=O)N1CCOCCOCC1. The highest BCUT2D eigenvalue weighted by molar-refractivity contribution is 6.34. The molecule has 7 nitrogen and oxygen atoms in total. The van der Waals surface area contributed by atoms with E-state index in [1.54, 1.807) is 17.0 Å². The molecule has 2 aromatic rings. The second kappa shape index (κ2) is 8.41. The molecule has 0 radical (unpaired) electrons. The number of hydrogen-bond donors (Lipinski definition) is 2. The molecule has 8 heteroatoms. The quantitative estimate of drug-likeness (QED) is 0.742. The normalized spacial score (nSPS) is 18.6. The number of aryl methyl sites for hydroxylation is 1. The molecule has 1 aromatic heterocycles. The van der Waals surface area contributed by atoms with Gasteiger partial charge >= 0.3 is 0 Å². The zero-order valence-corrected chi connectivity index (χ0v) is 17.0. The second-order valence-corrected chi connectivity index (χ2v) is 7.38. The predicted octanol–water partition coefficient (Wildman–Crippen LogP) is 2.75. The maximum absolute atomic E-state index is 13.7. The summed E-state index contributed by atoms with van der Waals surface area (Å²) in [6.45, 7) is 6.58. The zero-order chi connectivity index (χ0) is 21.3. The van der Waals surface area contributed by atoms with Crippen LogP contribution in [0.3, 0.4) is 0 Å². The van der Waals surface area contributed by atoms with E-state index in [9.17, 15) is 14.0 Å². The number of aromatic nitrogens is 1. The van der Waals surface area contributed by atoms with Crippen molar-refractivity contribution in [1.82, 2.24) is 9.88 Å². The van der Waals surface area contributed by atoms with E-state index in [1.165, 1.54) is 12.1 Å². The molecule has 0 spiro atoms. The Hall–Kier alpha value is -2.97. The van der Waals surface area contributed by atoms with Crippen molar-refractivity contribution in [2.75, 3.05) is 44.8 Å². The molecular formula is C22H24FN3O4. The van der Waals surface area contributed by atoms with Crippen molar-refractivity contribution in [2.45, 2.75) is 13.8 Å². The lowest BCUT2D eigenvalue weighted by Gasteiger charge is -2.22. The average molecular weight is 413 g/mol. The van der Waals surface area contributed by atoms with Crippen molar-refractivity contribution in [3.05, 3.63) is 52.1 Å². The van der Waals surface area contributed by atoms with Gasteiger partial charge in [0.25, 0.3) is 11.8 Å². The minimum atomic E-state index is -0.413. The highest BCUT2D eigenvalue weighted by atomic mass is 19.1. The number of fused-ring (bicyclic) bond motifs is 1. The summed E-state index contributed by atoms with van der Waals surface area (Å²) in [5, 5.41) is 2.74. The van der Waals surface area contributed by atoms with Crippen molar-refractivity contribution < 1.29 is 23.5 Å². The van der Waals surface area contributed by atoms with Crippen LogP contribution in [0.4, 0.5) is 10.1 Å². The summed E-state index contributed by atoms with van der Waals surface area (Å²) in [4.78, 5) is 30.6. The van der Waals surface area contributed by atoms with Crippen LogP contribution in [0.15, 0.2) is 18.2 Å². The third-order valence-corrected chi connectivity index (χ3v) is 5.41. The molecule has 2 N–H and O–H groups in total. The highest BCUT2D eigenvalue weighted by Crippen LogP contribution is 2.34. The number of ether oxygens (including phenoxy) is 2. The Morgan fingerprint density at radius 1 is 1.13 bits per heavy atom. The molecule has 0 saturated carbocycles. The fourth-order valence-corrected chi connectivity index (χ4v) is 3.83. The number of anilines is 1. The van der Waals surface area contributed by atoms with Crippen molar-refractivity contribution in [1.29, 1.82) is 0 Å². The largest absolute Gasteiger partial charge is 0.377 e. The molecular weight excluding hydrogens is 389 g/mol. The van der Waals surface area contributed by atoms with E-state index in [0.29, 0.717) is 73.3 Å². The Morgan fingerprint density at radius 3 is 2.53 bits per heavy atom. The van der Waals surface area contributed by atoms with E-state index in [2.05, 4.69) is 10.3 Å². The molecule has 0 bridgehead atoms. The smallest absolute Gasteiger partial charge is 0.256 e. The lowest BCUT2D eigenvalue weighted by atomic mass is 10.0. The third kappa shape index (κ3) is 3.88.